The summed E-state index contributed by atoms with van der Waals surface area (Å²) in [7, 11) is -2.28. The molecule has 2 aromatic carbocycles. The zero-order valence-electron chi connectivity index (χ0n) is 18.7. The van der Waals surface area contributed by atoms with Gasteiger partial charge in [0.15, 0.2) is 0 Å². The number of piperidine rings is 1. The highest BCUT2D eigenvalue weighted by Gasteiger charge is 2.32. The summed E-state index contributed by atoms with van der Waals surface area (Å²) < 4.78 is 31.5. The highest BCUT2D eigenvalue weighted by atomic mass is 35.5. The smallest absolute Gasteiger partial charge is 0.248 e. The zero-order chi connectivity index (χ0) is 23.3. The Morgan fingerprint density at radius 2 is 1.81 bits per heavy atom. The zero-order valence-corrected chi connectivity index (χ0v) is 20.2. The molecule has 0 bridgehead atoms. The predicted octanol–water partition coefficient (Wildman–Crippen LogP) is 4.52. The maximum Gasteiger partial charge on any atom is 0.248 e. The molecular weight excluding hydrogens is 450 g/mol. The van der Waals surface area contributed by atoms with Gasteiger partial charge in [-0.25, -0.2) is 8.42 Å². The maximum absolute atomic E-state index is 13.1. The Labute approximate surface area is 195 Å². The topological polar surface area (TPSA) is 79.0 Å². The minimum atomic E-state index is -3.76. The number of ether oxygens (including phenoxy) is 1. The number of sulfonamides is 1. The van der Waals surface area contributed by atoms with Crippen LogP contribution in [0.5, 0.6) is 5.75 Å². The predicted molar refractivity (Wildman–Crippen MR) is 131 cm³/mol. The standard InChI is InChI=1S/C23H30ClN3O4S/c1-4-21(27(32(3,29)30)19-12-13-22(31-2)20(24)16-19)23(28)25-17-8-10-18(11-9-17)26-14-6-5-7-15-26/h8-13,16,21H,4-7,14-15H2,1-3H3,(H,25,28). The SMILES string of the molecule is CCC(C(=O)Nc1ccc(N2CCCCC2)cc1)N(c1ccc(OC)c(Cl)c1)S(C)(=O)=O. The number of halogens is 1. The van der Waals surface area contributed by atoms with Crippen LogP contribution >= 0.6 is 11.6 Å². The van der Waals surface area contributed by atoms with E-state index in [0.717, 1.165) is 29.3 Å². The van der Waals surface area contributed by atoms with Crippen LogP contribution in [0.15, 0.2) is 42.5 Å². The van der Waals surface area contributed by atoms with Crippen LogP contribution in [0.2, 0.25) is 5.02 Å². The van der Waals surface area contributed by atoms with Gasteiger partial charge >= 0.3 is 0 Å². The number of benzene rings is 2. The lowest BCUT2D eigenvalue weighted by molar-refractivity contribution is -0.117. The molecule has 0 aliphatic carbocycles. The Bertz CT molecular complexity index is 1040. The summed E-state index contributed by atoms with van der Waals surface area (Å²) in [5.41, 5.74) is 2.05. The molecule has 0 spiro atoms. The van der Waals surface area contributed by atoms with E-state index in [1.807, 2.05) is 24.3 Å². The first kappa shape index (κ1) is 24.2. The van der Waals surface area contributed by atoms with Gasteiger partial charge < -0.3 is 15.0 Å². The molecule has 174 valence electrons. The van der Waals surface area contributed by atoms with Gasteiger partial charge in [0.05, 0.1) is 24.1 Å². The fourth-order valence-electron chi connectivity index (χ4n) is 3.99. The summed E-state index contributed by atoms with van der Waals surface area (Å²) in [5, 5.41) is 3.13. The molecule has 1 amide bonds. The minimum Gasteiger partial charge on any atom is -0.495 e. The van der Waals surface area contributed by atoms with E-state index in [0.29, 0.717) is 17.1 Å². The van der Waals surface area contributed by atoms with Gasteiger partial charge in [-0.15, -0.1) is 0 Å². The molecule has 1 heterocycles. The van der Waals surface area contributed by atoms with Crippen molar-refractivity contribution in [1.29, 1.82) is 0 Å². The maximum atomic E-state index is 13.1. The molecule has 3 rings (SSSR count). The summed E-state index contributed by atoms with van der Waals surface area (Å²) in [6, 6.07) is 11.4. The molecule has 1 unspecified atom stereocenters. The highest BCUT2D eigenvalue weighted by Crippen LogP contribution is 2.32. The van der Waals surface area contributed by atoms with Crippen molar-refractivity contribution in [2.75, 3.05) is 41.0 Å². The van der Waals surface area contributed by atoms with E-state index in [9.17, 15) is 13.2 Å². The third kappa shape index (κ3) is 5.66. The van der Waals surface area contributed by atoms with E-state index in [2.05, 4.69) is 10.2 Å². The third-order valence-corrected chi connectivity index (χ3v) is 7.05. The average molecular weight is 480 g/mol. The van der Waals surface area contributed by atoms with Crippen LogP contribution in [0.4, 0.5) is 17.1 Å². The number of nitrogens with one attached hydrogen (secondary N) is 1. The molecule has 0 saturated carbocycles. The van der Waals surface area contributed by atoms with Crippen LogP contribution in [-0.4, -0.2) is 46.8 Å². The molecule has 2 aromatic rings. The molecule has 1 aliphatic heterocycles. The van der Waals surface area contributed by atoms with Crippen LogP contribution in [0, 0.1) is 0 Å². The molecular formula is C23H30ClN3O4S. The first-order chi connectivity index (χ1) is 15.2. The van der Waals surface area contributed by atoms with E-state index in [-0.39, 0.29) is 11.4 Å². The summed E-state index contributed by atoms with van der Waals surface area (Å²) in [4.78, 5) is 15.5. The lowest BCUT2D eigenvalue weighted by atomic mass is 10.1. The number of carbonyl (C=O) groups excluding carboxylic acids is 1. The molecule has 32 heavy (non-hydrogen) atoms. The van der Waals surface area contributed by atoms with Crippen LogP contribution in [-0.2, 0) is 14.8 Å². The number of hydrogen-bond acceptors (Lipinski definition) is 5. The van der Waals surface area contributed by atoms with Crippen molar-refractivity contribution in [3.63, 3.8) is 0 Å². The quantitative estimate of drug-likeness (QED) is 0.602. The monoisotopic (exact) mass is 479 g/mol. The van der Waals surface area contributed by atoms with Crippen molar-refractivity contribution >= 4 is 44.6 Å². The Balaban J connectivity index is 1.81. The van der Waals surface area contributed by atoms with Gasteiger partial charge in [-0.2, -0.15) is 0 Å². The first-order valence-electron chi connectivity index (χ1n) is 10.7. The number of methoxy groups -OCH3 is 1. The van der Waals surface area contributed by atoms with Crippen molar-refractivity contribution < 1.29 is 17.9 Å². The number of rotatable bonds is 8. The van der Waals surface area contributed by atoms with E-state index < -0.39 is 22.0 Å². The second-order valence-corrected chi connectivity index (χ2v) is 10.2. The average Bonchev–Trinajstić information content (AvgIpc) is 2.77. The van der Waals surface area contributed by atoms with Crippen LogP contribution in [0.3, 0.4) is 0 Å². The van der Waals surface area contributed by atoms with Crippen LogP contribution < -0.4 is 19.3 Å². The van der Waals surface area contributed by atoms with Gasteiger partial charge in [-0.3, -0.25) is 9.10 Å². The largest absolute Gasteiger partial charge is 0.495 e. The Morgan fingerprint density at radius 3 is 2.34 bits per heavy atom. The number of hydrogen-bond donors (Lipinski definition) is 1. The molecule has 7 nitrogen and oxygen atoms in total. The second kappa shape index (κ2) is 10.4. The van der Waals surface area contributed by atoms with E-state index in [1.54, 1.807) is 19.1 Å². The van der Waals surface area contributed by atoms with Crippen molar-refractivity contribution in [1.82, 2.24) is 0 Å². The lowest BCUT2D eigenvalue weighted by Crippen LogP contribution is -2.47. The van der Waals surface area contributed by atoms with Gasteiger partial charge in [0.25, 0.3) is 0 Å². The summed E-state index contributed by atoms with van der Waals surface area (Å²) in [5.74, 6) is 0.0192. The number of carbonyl (C=O) groups is 1. The molecule has 0 radical (unpaired) electrons. The Morgan fingerprint density at radius 1 is 1.16 bits per heavy atom. The summed E-state index contributed by atoms with van der Waals surface area (Å²) >= 11 is 6.21. The molecule has 1 atom stereocenters. The van der Waals surface area contributed by atoms with Crippen molar-refractivity contribution in [2.24, 2.45) is 0 Å². The van der Waals surface area contributed by atoms with Crippen molar-refractivity contribution in [3.05, 3.63) is 47.5 Å². The van der Waals surface area contributed by atoms with E-state index >= 15 is 0 Å². The van der Waals surface area contributed by atoms with Crippen molar-refractivity contribution in [2.45, 2.75) is 38.6 Å². The van der Waals surface area contributed by atoms with Gasteiger partial charge in [-0.05, 0) is 68.1 Å². The van der Waals surface area contributed by atoms with Gasteiger partial charge in [0.1, 0.15) is 11.8 Å². The number of anilines is 3. The van der Waals surface area contributed by atoms with Gasteiger partial charge in [0, 0.05) is 24.5 Å². The molecule has 1 aliphatic rings. The molecule has 1 saturated heterocycles. The molecule has 9 heteroatoms. The highest BCUT2D eigenvalue weighted by molar-refractivity contribution is 7.92. The number of nitrogens with zero attached hydrogens (tertiary/aromatic N) is 2. The van der Waals surface area contributed by atoms with Crippen LogP contribution in [0.1, 0.15) is 32.6 Å². The molecule has 1 N–H and O–H groups in total. The lowest BCUT2D eigenvalue weighted by Gasteiger charge is -2.30. The Hall–Kier alpha value is -2.45. The fourth-order valence-corrected chi connectivity index (χ4v) is 5.44. The summed E-state index contributed by atoms with van der Waals surface area (Å²) in [6.07, 6.45) is 5.00. The van der Waals surface area contributed by atoms with Gasteiger partial charge in [0.2, 0.25) is 15.9 Å². The van der Waals surface area contributed by atoms with Crippen LogP contribution in [0.25, 0.3) is 0 Å². The Kier molecular flexibility index (Phi) is 7.90. The third-order valence-electron chi connectivity index (χ3n) is 5.58. The fraction of sp³-hybridized carbons (Fsp3) is 0.435. The van der Waals surface area contributed by atoms with Gasteiger partial charge in [-0.1, -0.05) is 18.5 Å². The minimum absolute atomic E-state index is 0.266. The van der Waals surface area contributed by atoms with E-state index in [1.165, 1.54) is 32.4 Å². The van der Waals surface area contributed by atoms with E-state index in [4.69, 9.17) is 16.3 Å². The second-order valence-electron chi connectivity index (χ2n) is 7.89. The normalized spacial score (nSPS) is 15.2. The first-order valence-corrected chi connectivity index (χ1v) is 13.0. The van der Waals surface area contributed by atoms with Crippen molar-refractivity contribution in [3.8, 4) is 5.75 Å². The molecule has 0 aromatic heterocycles. The number of amides is 1. The molecule has 1 fully saturated rings. The summed E-state index contributed by atoms with van der Waals surface area (Å²) in [6.45, 7) is 3.85.